The molecule has 0 aliphatic carbocycles. The van der Waals surface area contributed by atoms with E-state index in [1.165, 1.54) is 31.4 Å². The Morgan fingerprint density at radius 3 is 2.69 bits per heavy atom. The van der Waals surface area contributed by atoms with Crippen LogP contribution in [-0.2, 0) is 4.74 Å². The van der Waals surface area contributed by atoms with Gasteiger partial charge in [0.1, 0.15) is 4.32 Å². The Morgan fingerprint density at radius 2 is 2.00 bits per heavy atom. The zero-order valence-corrected chi connectivity index (χ0v) is 12.4. The van der Waals surface area contributed by atoms with Crippen LogP contribution in [0.3, 0.4) is 0 Å². The molecule has 0 bridgehead atoms. The highest BCUT2D eigenvalue weighted by molar-refractivity contribution is 8.83. The van der Waals surface area contributed by atoms with Gasteiger partial charge in [0, 0.05) is 18.8 Å². The average molecular weight is 279 g/mol. The van der Waals surface area contributed by atoms with Crippen LogP contribution in [0.2, 0.25) is 0 Å². The summed E-state index contributed by atoms with van der Waals surface area (Å²) in [5.41, 5.74) is 0. The molecule has 0 aromatic rings. The zero-order chi connectivity index (χ0) is 11.6. The maximum Gasteiger partial charge on any atom is 0.147 e. The summed E-state index contributed by atoms with van der Waals surface area (Å²) in [6.07, 6.45) is 5.34. The molecule has 1 rings (SSSR count). The van der Waals surface area contributed by atoms with Gasteiger partial charge in [-0.25, -0.2) is 0 Å². The number of unbranched alkanes of at least 4 members (excludes halogenated alkanes) is 3. The van der Waals surface area contributed by atoms with Crippen molar-refractivity contribution in [2.75, 3.05) is 32.1 Å². The SMILES string of the molecule is CCCCCCSSC(=S)N1CCOCC1. The molecule has 2 nitrogen and oxygen atoms in total. The molecule has 0 aromatic heterocycles. The van der Waals surface area contributed by atoms with Crippen molar-refractivity contribution in [1.82, 2.24) is 4.90 Å². The second-order valence-corrected chi connectivity index (χ2v) is 6.88. The molecule has 0 unspecified atom stereocenters. The van der Waals surface area contributed by atoms with E-state index in [4.69, 9.17) is 17.0 Å². The van der Waals surface area contributed by atoms with Gasteiger partial charge in [-0.3, -0.25) is 0 Å². The summed E-state index contributed by atoms with van der Waals surface area (Å²) in [4.78, 5) is 2.25. The lowest BCUT2D eigenvalue weighted by atomic mass is 10.2. The van der Waals surface area contributed by atoms with Crippen molar-refractivity contribution in [2.45, 2.75) is 32.6 Å². The summed E-state index contributed by atoms with van der Waals surface area (Å²) >= 11 is 5.39. The maximum atomic E-state index is 5.39. The second-order valence-electron chi connectivity index (χ2n) is 3.83. The standard InChI is InChI=1S/C11H21NOS3/c1-2-3-4-5-10-15-16-11(14)12-6-8-13-9-7-12/h2-10H2,1H3. The highest BCUT2D eigenvalue weighted by Crippen LogP contribution is 2.26. The van der Waals surface area contributed by atoms with Gasteiger partial charge in [-0.15, -0.1) is 0 Å². The summed E-state index contributed by atoms with van der Waals surface area (Å²) in [5, 5.41) is 0. The minimum atomic E-state index is 0.821. The van der Waals surface area contributed by atoms with Crippen LogP contribution < -0.4 is 0 Å². The lowest BCUT2D eigenvalue weighted by Gasteiger charge is -2.28. The van der Waals surface area contributed by atoms with Gasteiger partial charge in [-0.05, 0) is 17.2 Å². The lowest BCUT2D eigenvalue weighted by molar-refractivity contribution is 0.0703. The Hall–Kier alpha value is 0.550. The first-order chi connectivity index (χ1) is 7.84. The van der Waals surface area contributed by atoms with Crippen molar-refractivity contribution in [2.24, 2.45) is 0 Å². The number of morpholine rings is 1. The summed E-state index contributed by atoms with van der Waals surface area (Å²) in [7, 11) is 3.66. The molecule has 5 heteroatoms. The van der Waals surface area contributed by atoms with Crippen LogP contribution in [0.15, 0.2) is 0 Å². The predicted molar refractivity (Wildman–Crippen MR) is 79.2 cm³/mol. The van der Waals surface area contributed by atoms with Gasteiger partial charge in [-0.2, -0.15) is 0 Å². The van der Waals surface area contributed by atoms with E-state index in [9.17, 15) is 0 Å². The molecule has 0 aromatic carbocycles. The lowest BCUT2D eigenvalue weighted by Crippen LogP contribution is -2.38. The molecule has 0 amide bonds. The summed E-state index contributed by atoms with van der Waals surface area (Å²) < 4.78 is 6.33. The number of thiocarbonyl (C=S) groups is 1. The zero-order valence-electron chi connectivity index (χ0n) is 9.94. The monoisotopic (exact) mass is 279 g/mol. The van der Waals surface area contributed by atoms with Crippen LogP contribution >= 0.6 is 33.8 Å². The first kappa shape index (κ1) is 14.6. The quantitative estimate of drug-likeness (QED) is 0.417. The first-order valence-electron chi connectivity index (χ1n) is 6.00. The van der Waals surface area contributed by atoms with Crippen molar-refractivity contribution in [1.29, 1.82) is 0 Å². The molecular formula is C11H21NOS3. The van der Waals surface area contributed by atoms with E-state index >= 15 is 0 Å². The van der Waals surface area contributed by atoms with E-state index in [0.717, 1.165) is 30.6 Å². The molecule has 0 N–H and O–H groups in total. The van der Waals surface area contributed by atoms with Gasteiger partial charge < -0.3 is 9.64 Å². The van der Waals surface area contributed by atoms with Crippen molar-refractivity contribution in [3.05, 3.63) is 0 Å². The number of ether oxygens (including phenoxy) is 1. The summed E-state index contributed by atoms with van der Waals surface area (Å²) in [6, 6.07) is 0. The summed E-state index contributed by atoms with van der Waals surface area (Å²) in [6.45, 7) is 5.81. The molecule has 1 aliphatic heterocycles. The average Bonchev–Trinajstić information content (AvgIpc) is 2.34. The number of hydrogen-bond donors (Lipinski definition) is 0. The van der Waals surface area contributed by atoms with Crippen molar-refractivity contribution >= 4 is 38.1 Å². The molecule has 0 atom stereocenters. The van der Waals surface area contributed by atoms with Gasteiger partial charge in [0.05, 0.1) is 13.2 Å². The van der Waals surface area contributed by atoms with E-state index in [1.807, 2.05) is 10.8 Å². The fourth-order valence-corrected chi connectivity index (χ4v) is 4.11. The Balaban J connectivity index is 1.97. The van der Waals surface area contributed by atoms with Gasteiger partial charge in [-0.1, -0.05) is 49.2 Å². The third-order valence-electron chi connectivity index (χ3n) is 2.48. The summed E-state index contributed by atoms with van der Waals surface area (Å²) in [5.74, 6) is 1.22. The topological polar surface area (TPSA) is 12.5 Å². The van der Waals surface area contributed by atoms with Gasteiger partial charge in [0.25, 0.3) is 0 Å². The van der Waals surface area contributed by atoms with E-state index in [1.54, 1.807) is 10.8 Å². The minimum absolute atomic E-state index is 0.821. The molecule has 0 radical (unpaired) electrons. The Kier molecular flexibility index (Phi) is 8.74. The molecule has 0 saturated carbocycles. The van der Waals surface area contributed by atoms with Crippen LogP contribution in [0.4, 0.5) is 0 Å². The second kappa shape index (κ2) is 9.57. The van der Waals surface area contributed by atoms with Crippen LogP contribution in [0.5, 0.6) is 0 Å². The maximum absolute atomic E-state index is 5.39. The van der Waals surface area contributed by atoms with Crippen LogP contribution in [0.1, 0.15) is 32.6 Å². The number of rotatable bonds is 6. The van der Waals surface area contributed by atoms with Crippen LogP contribution in [-0.4, -0.2) is 41.3 Å². The first-order valence-corrected chi connectivity index (χ1v) is 8.73. The Bertz CT molecular complexity index is 196. The van der Waals surface area contributed by atoms with Gasteiger partial charge >= 0.3 is 0 Å². The van der Waals surface area contributed by atoms with Crippen molar-refractivity contribution < 1.29 is 4.74 Å². The van der Waals surface area contributed by atoms with Crippen LogP contribution in [0.25, 0.3) is 0 Å². The fraction of sp³-hybridized carbons (Fsp3) is 0.909. The molecule has 1 aliphatic rings. The van der Waals surface area contributed by atoms with Crippen molar-refractivity contribution in [3.63, 3.8) is 0 Å². The molecule has 1 heterocycles. The molecule has 1 saturated heterocycles. The molecule has 0 spiro atoms. The third kappa shape index (κ3) is 6.33. The molecular weight excluding hydrogens is 258 g/mol. The third-order valence-corrected chi connectivity index (χ3v) is 5.61. The molecule has 94 valence electrons. The Labute approximate surface area is 112 Å². The highest BCUT2D eigenvalue weighted by Gasteiger charge is 2.13. The largest absolute Gasteiger partial charge is 0.378 e. The fourth-order valence-electron chi connectivity index (χ4n) is 1.48. The smallest absolute Gasteiger partial charge is 0.147 e. The van der Waals surface area contributed by atoms with Crippen LogP contribution in [0, 0.1) is 0 Å². The van der Waals surface area contributed by atoms with Gasteiger partial charge in [0.15, 0.2) is 0 Å². The van der Waals surface area contributed by atoms with Gasteiger partial charge in [0.2, 0.25) is 0 Å². The van der Waals surface area contributed by atoms with E-state index in [0.29, 0.717) is 0 Å². The molecule has 1 fully saturated rings. The van der Waals surface area contributed by atoms with Crippen molar-refractivity contribution in [3.8, 4) is 0 Å². The Morgan fingerprint density at radius 1 is 1.25 bits per heavy atom. The van der Waals surface area contributed by atoms with E-state index in [-0.39, 0.29) is 0 Å². The van der Waals surface area contributed by atoms with E-state index < -0.39 is 0 Å². The highest BCUT2D eigenvalue weighted by atomic mass is 33.1. The minimum Gasteiger partial charge on any atom is -0.378 e. The normalized spacial score (nSPS) is 16.4. The number of nitrogens with zero attached hydrogens (tertiary/aromatic N) is 1. The number of hydrogen-bond acceptors (Lipinski definition) is 4. The predicted octanol–water partition coefficient (Wildman–Crippen LogP) is 3.57. The van der Waals surface area contributed by atoms with E-state index in [2.05, 4.69) is 11.8 Å². The molecule has 16 heavy (non-hydrogen) atoms.